The molecule has 0 aliphatic carbocycles. The molecule has 0 heterocycles. The van der Waals surface area contributed by atoms with Gasteiger partial charge in [0.1, 0.15) is 5.75 Å². The number of hydrogen-bond acceptors (Lipinski definition) is 3. The maximum Gasteiger partial charge on any atom is 0.260 e. The quantitative estimate of drug-likeness (QED) is 0.813. The van der Waals surface area contributed by atoms with Crippen molar-refractivity contribution >= 4 is 17.5 Å². The Morgan fingerprint density at radius 1 is 1.35 bits per heavy atom. The van der Waals surface area contributed by atoms with E-state index in [1.54, 1.807) is 20.0 Å². The molecule has 0 aromatic heterocycles. The fraction of sp³-hybridized carbons (Fsp3) is 0.533. The molecule has 1 atom stereocenters. The van der Waals surface area contributed by atoms with E-state index in [0.29, 0.717) is 16.7 Å². The Morgan fingerprint density at radius 3 is 2.60 bits per heavy atom. The fourth-order valence-electron chi connectivity index (χ4n) is 1.70. The molecule has 1 aromatic carbocycles. The van der Waals surface area contributed by atoms with Gasteiger partial charge in [0.2, 0.25) is 0 Å². The third kappa shape index (κ3) is 5.39. The zero-order valence-electron chi connectivity index (χ0n) is 12.5. The summed E-state index contributed by atoms with van der Waals surface area (Å²) in [6, 6.07) is 5.61. The van der Waals surface area contributed by atoms with Crippen LogP contribution in [-0.2, 0) is 11.3 Å². The van der Waals surface area contributed by atoms with Crippen molar-refractivity contribution < 1.29 is 9.53 Å². The average Bonchev–Trinajstić information content (AvgIpc) is 2.40. The summed E-state index contributed by atoms with van der Waals surface area (Å²) in [7, 11) is 1.58. The van der Waals surface area contributed by atoms with Gasteiger partial charge in [0.05, 0.1) is 5.02 Å². The lowest BCUT2D eigenvalue weighted by molar-refractivity contribution is -0.126. The van der Waals surface area contributed by atoms with Crippen molar-refractivity contribution in [1.82, 2.24) is 10.6 Å². The van der Waals surface area contributed by atoms with Gasteiger partial charge < -0.3 is 15.4 Å². The predicted octanol–water partition coefficient (Wildman–Crippen LogP) is 2.60. The second kappa shape index (κ2) is 8.12. The monoisotopic (exact) mass is 298 g/mol. The highest BCUT2D eigenvalue weighted by atomic mass is 35.5. The molecule has 0 saturated carbocycles. The van der Waals surface area contributed by atoms with Gasteiger partial charge in [-0.1, -0.05) is 31.5 Å². The molecule has 1 amide bonds. The normalized spacial score (nSPS) is 12.3. The molecule has 1 unspecified atom stereocenters. The summed E-state index contributed by atoms with van der Waals surface area (Å²) in [6.07, 6.45) is -0.567. The lowest BCUT2D eigenvalue weighted by Crippen LogP contribution is -2.33. The van der Waals surface area contributed by atoms with Gasteiger partial charge in [-0.3, -0.25) is 4.79 Å². The van der Waals surface area contributed by atoms with Crippen molar-refractivity contribution in [2.24, 2.45) is 5.92 Å². The van der Waals surface area contributed by atoms with E-state index in [4.69, 9.17) is 16.3 Å². The van der Waals surface area contributed by atoms with Crippen LogP contribution >= 0.6 is 11.6 Å². The van der Waals surface area contributed by atoms with Crippen LogP contribution in [0.5, 0.6) is 5.75 Å². The summed E-state index contributed by atoms with van der Waals surface area (Å²) in [5, 5.41) is 6.41. The molecule has 0 saturated heterocycles. The topological polar surface area (TPSA) is 50.4 Å². The first-order chi connectivity index (χ1) is 9.43. The Balaban J connectivity index is 2.61. The van der Waals surface area contributed by atoms with Crippen LogP contribution in [0.15, 0.2) is 18.2 Å². The SMILES string of the molecule is CNC(=O)C(C)Oc1ccc(CNCC(C)C)cc1Cl. The van der Waals surface area contributed by atoms with Crippen LogP contribution in [0.2, 0.25) is 5.02 Å². The first-order valence-corrected chi connectivity index (χ1v) is 7.19. The third-order valence-corrected chi connectivity index (χ3v) is 3.09. The van der Waals surface area contributed by atoms with Crippen molar-refractivity contribution in [3.63, 3.8) is 0 Å². The number of benzene rings is 1. The van der Waals surface area contributed by atoms with Gasteiger partial charge in [0, 0.05) is 13.6 Å². The second-order valence-electron chi connectivity index (χ2n) is 5.16. The predicted molar refractivity (Wildman–Crippen MR) is 82.2 cm³/mol. The minimum Gasteiger partial charge on any atom is -0.479 e. The molecule has 2 N–H and O–H groups in total. The first kappa shape index (κ1) is 16.8. The maximum atomic E-state index is 11.4. The van der Waals surface area contributed by atoms with Crippen LogP contribution in [0, 0.1) is 5.92 Å². The number of amides is 1. The number of nitrogens with one attached hydrogen (secondary N) is 2. The average molecular weight is 299 g/mol. The van der Waals surface area contributed by atoms with Gasteiger partial charge in [-0.05, 0) is 37.1 Å². The Morgan fingerprint density at radius 2 is 2.05 bits per heavy atom. The molecule has 0 fully saturated rings. The van der Waals surface area contributed by atoms with Crippen LogP contribution in [0.4, 0.5) is 0 Å². The van der Waals surface area contributed by atoms with Gasteiger partial charge in [0.15, 0.2) is 6.10 Å². The van der Waals surface area contributed by atoms with E-state index in [2.05, 4.69) is 24.5 Å². The van der Waals surface area contributed by atoms with E-state index < -0.39 is 6.10 Å². The minimum atomic E-state index is -0.567. The number of likely N-dealkylation sites (N-methyl/N-ethyl adjacent to an activating group) is 1. The molecule has 0 aliphatic heterocycles. The molecule has 1 aromatic rings. The third-order valence-electron chi connectivity index (χ3n) is 2.80. The van der Waals surface area contributed by atoms with Gasteiger partial charge >= 0.3 is 0 Å². The van der Waals surface area contributed by atoms with E-state index >= 15 is 0 Å². The zero-order valence-corrected chi connectivity index (χ0v) is 13.3. The summed E-state index contributed by atoms with van der Waals surface area (Å²) in [4.78, 5) is 11.4. The molecule has 0 aliphatic rings. The van der Waals surface area contributed by atoms with E-state index in [0.717, 1.165) is 18.7 Å². The number of carbonyl (C=O) groups excluding carboxylic acids is 1. The molecular formula is C15H23ClN2O2. The number of rotatable bonds is 7. The zero-order chi connectivity index (χ0) is 15.1. The second-order valence-corrected chi connectivity index (χ2v) is 5.57. The Hall–Kier alpha value is -1.26. The number of halogens is 1. The molecule has 0 spiro atoms. The molecule has 112 valence electrons. The lowest BCUT2D eigenvalue weighted by atomic mass is 10.2. The Bertz CT molecular complexity index is 449. The number of ether oxygens (including phenoxy) is 1. The standard InChI is InChI=1S/C15H23ClN2O2/c1-10(2)8-18-9-12-5-6-14(13(16)7-12)20-11(3)15(19)17-4/h5-7,10-11,18H,8-9H2,1-4H3,(H,17,19). The van der Waals surface area contributed by atoms with Crippen molar-refractivity contribution in [3.05, 3.63) is 28.8 Å². The highest BCUT2D eigenvalue weighted by Gasteiger charge is 2.14. The molecule has 0 radical (unpaired) electrons. The van der Waals surface area contributed by atoms with E-state index in [9.17, 15) is 4.79 Å². The summed E-state index contributed by atoms with van der Waals surface area (Å²) in [5.41, 5.74) is 1.09. The van der Waals surface area contributed by atoms with Gasteiger partial charge in [-0.2, -0.15) is 0 Å². The van der Waals surface area contributed by atoms with Crippen LogP contribution in [-0.4, -0.2) is 25.6 Å². The lowest BCUT2D eigenvalue weighted by Gasteiger charge is -2.15. The summed E-state index contributed by atoms with van der Waals surface area (Å²) < 4.78 is 5.53. The van der Waals surface area contributed by atoms with Crippen LogP contribution < -0.4 is 15.4 Å². The highest BCUT2D eigenvalue weighted by Crippen LogP contribution is 2.26. The largest absolute Gasteiger partial charge is 0.479 e. The Labute approximate surface area is 125 Å². The molecular weight excluding hydrogens is 276 g/mol. The molecule has 20 heavy (non-hydrogen) atoms. The summed E-state index contributed by atoms with van der Waals surface area (Å²) in [5.74, 6) is 0.959. The van der Waals surface area contributed by atoms with Crippen molar-refractivity contribution in [2.75, 3.05) is 13.6 Å². The minimum absolute atomic E-state index is 0.177. The maximum absolute atomic E-state index is 11.4. The van der Waals surface area contributed by atoms with Gasteiger partial charge in [0.25, 0.3) is 5.91 Å². The van der Waals surface area contributed by atoms with Crippen LogP contribution in [0.1, 0.15) is 26.3 Å². The fourth-order valence-corrected chi connectivity index (χ4v) is 1.95. The molecule has 1 rings (SSSR count). The van der Waals surface area contributed by atoms with Crippen LogP contribution in [0.25, 0.3) is 0 Å². The molecule has 0 bridgehead atoms. The number of carbonyl (C=O) groups is 1. The van der Waals surface area contributed by atoms with Crippen LogP contribution in [0.3, 0.4) is 0 Å². The van der Waals surface area contributed by atoms with Crippen molar-refractivity contribution in [2.45, 2.75) is 33.4 Å². The Kier molecular flexibility index (Phi) is 6.82. The van der Waals surface area contributed by atoms with Crippen molar-refractivity contribution in [3.8, 4) is 5.75 Å². The van der Waals surface area contributed by atoms with Gasteiger partial charge in [-0.25, -0.2) is 0 Å². The molecule has 4 nitrogen and oxygen atoms in total. The molecule has 5 heteroatoms. The summed E-state index contributed by atoms with van der Waals surface area (Å²) >= 11 is 6.18. The van der Waals surface area contributed by atoms with Gasteiger partial charge in [-0.15, -0.1) is 0 Å². The number of hydrogen-bond donors (Lipinski definition) is 2. The summed E-state index contributed by atoms with van der Waals surface area (Å²) in [6.45, 7) is 7.74. The smallest absolute Gasteiger partial charge is 0.260 e. The van der Waals surface area contributed by atoms with Crippen molar-refractivity contribution in [1.29, 1.82) is 0 Å². The van der Waals surface area contributed by atoms with E-state index in [1.807, 2.05) is 12.1 Å². The first-order valence-electron chi connectivity index (χ1n) is 6.81. The highest BCUT2D eigenvalue weighted by molar-refractivity contribution is 6.32. The van der Waals surface area contributed by atoms with E-state index in [-0.39, 0.29) is 5.91 Å². The van der Waals surface area contributed by atoms with E-state index in [1.165, 1.54) is 0 Å².